The fourth-order valence-corrected chi connectivity index (χ4v) is 3.35. The third-order valence-electron chi connectivity index (χ3n) is 4.06. The van der Waals surface area contributed by atoms with E-state index in [1.807, 2.05) is 12.1 Å². The molecule has 4 rings (SSSR count). The topological polar surface area (TPSA) is 94.7 Å². The minimum absolute atomic E-state index is 0.300. The minimum atomic E-state index is -0.304. The Bertz CT molecular complexity index is 1090. The Balaban J connectivity index is 1.34. The van der Waals surface area contributed by atoms with Crippen molar-refractivity contribution in [1.29, 1.82) is 0 Å². The highest BCUT2D eigenvalue weighted by molar-refractivity contribution is 7.14. The summed E-state index contributed by atoms with van der Waals surface area (Å²) in [6.45, 7) is 0.385. The molecular weight excluding hydrogens is 391 g/mol. The van der Waals surface area contributed by atoms with Crippen LogP contribution in [0.15, 0.2) is 66.3 Å². The predicted octanol–water partition coefficient (Wildman–Crippen LogP) is 4.74. The van der Waals surface area contributed by atoms with Crippen molar-refractivity contribution in [2.45, 2.75) is 6.54 Å². The molecule has 9 heteroatoms. The lowest BCUT2D eigenvalue weighted by Crippen LogP contribution is -2.27. The molecule has 0 radical (unpaired) electrons. The van der Waals surface area contributed by atoms with E-state index in [2.05, 4.69) is 31.1 Å². The second kappa shape index (κ2) is 8.53. The fraction of sp³-hybridized carbons (Fsp3) is 0.0500. The zero-order chi connectivity index (χ0) is 20.1. The molecule has 4 aromatic rings. The van der Waals surface area contributed by atoms with E-state index in [1.54, 1.807) is 48.1 Å². The molecule has 4 N–H and O–H groups in total. The van der Waals surface area contributed by atoms with Crippen molar-refractivity contribution in [2.75, 3.05) is 10.6 Å². The van der Waals surface area contributed by atoms with Gasteiger partial charge < -0.3 is 16.0 Å². The number of H-pyrrole nitrogens is 1. The number of aromatic amines is 1. The number of urea groups is 1. The molecule has 0 saturated carbocycles. The van der Waals surface area contributed by atoms with Gasteiger partial charge in [-0.25, -0.2) is 14.2 Å². The summed E-state index contributed by atoms with van der Waals surface area (Å²) in [5.74, 6) is -0.300. The number of aromatic nitrogens is 3. The molecule has 0 saturated heterocycles. The standard InChI is InChI=1S/C20H17FN6OS/c21-17-4-2-1-3-16(17)18-12-29-20(27-18)26-15-7-5-14(6-8-15)25-19(28)22-9-13-10-23-24-11-13/h1-8,10-12H,9H2,(H,23,24)(H,26,27)(H2,22,25,28). The highest BCUT2D eigenvalue weighted by Gasteiger charge is 2.09. The summed E-state index contributed by atoms with van der Waals surface area (Å²) >= 11 is 1.39. The number of benzene rings is 2. The Labute approximate surface area is 170 Å². The number of carbonyl (C=O) groups is 1. The maximum absolute atomic E-state index is 13.9. The van der Waals surface area contributed by atoms with Crippen LogP contribution in [0.25, 0.3) is 11.3 Å². The average Bonchev–Trinajstić information content (AvgIpc) is 3.40. The van der Waals surface area contributed by atoms with Crippen molar-refractivity contribution in [3.63, 3.8) is 0 Å². The van der Waals surface area contributed by atoms with Gasteiger partial charge in [-0.15, -0.1) is 11.3 Å². The number of amides is 2. The molecule has 7 nitrogen and oxygen atoms in total. The van der Waals surface area contributed by atoms with E-state index in [9.17, 15) is 9.18 Å². The summed E-state index contributed by atoms with van der Waals surface area (Å²) in [4.78, 5) is 16.4. The first-order valence-corrected chi connectivity index (χ1v) is 9.65. The Hall–Kier alpha value is -3.72. The van der Waals surface area contributed by atoms with Gasteiger partial charge in [-0.3, -0.25) is 5.10 Å². The molecule has 0 fully saturated rings. The number of rotatable bonds is 6. The van der Waals surface area contributed by atoms with Gasteiger partial charge in [0.25, 0.3) is 0 Å². The van der Waals surface area contributed by atoms with Crippen molar-refractivity contribution < 1.29 is 9.18 Å². The molecule has 0 aliphatic rings. The van der Waals surface area contributed by atoms with Crippen LogP contribution in [0, 0.1) is 5.82 Å². The van der Waals surface area contributed by atoms with Crippen molar-refractivity contribution in [3.8, 4) is 11.3 Å². The number of anilines is 3. The lowest BCUT2D eigenvalue weighted by molar-refractivity contribution is 0.251. The summed E-state index contributed by atoms with van der Waals surface area (Å²) in [7, 11) is 0. The van der Waals surface area contributed by atoms with E-state index in [0.717, 1.165) is 11.3 Å². The number of hydrogen-bond acceptors (Lipinski definition) is 5. The zero-order valence-corrected chi connectivity index (χ0v) is 16.0. The number of carbonyl (C=O) groups excluding carboxylic acids is 1. The molecule has 0 unspecified atom stereocenters. The van der Waals surface area contributed by atoms with Gasteiger partial charge in [0.05, 0.1) is 11.9 Å². The summed E-state index contributed by atoms with van der Waals surface area (Å²) in [6.07, 6.45) is 3.37. The van der Waals surface area contributed by atoms with E-state index >= 15 is 0 Å². The molecule has 0 atom stereocenters. The second-order valence-electron chi connectivity index (χ2n) is 6.13. The lowest BCUT2D eigenvalue weighted by atomic mass is 10.2. The SMILES string of the molecule is O=C(NCc1cn[nH]c1)Nc1ccc(Nc2nc(-c3ccccc3F)cs2)cc1. The first kappa shape index (κ1) is 18.6. The van der Waals surface area contributed by atoms with Gasteiger partial charge in [0.2, 0.25) is 0 Å². The van der Waals surface area contributed by atoms with Crippen LogP contribution in [0.5, 0.6) is 0 Å². The third-order valence-corrected chi connectivity index (χ3v) is 4.81. The van der Waals surface area contributed by atoms with E-state index in [4.69, 9.17) is 0 Å². The number of halogens is 1. The highest BCUT2D eigenvalue weighted by Crippen LogP contribution is 2.28. The van der Waals surface area contributed by atoms with Crippen molar-refractivity contribution in [3.05, 3.63) is 77.7 Å². The normalized spacial score (nSPS) is 10.5. The maximum atomic E-state index is 13.9. The van der Waals surface area contributed by atoms with Crippen LogP contribution in [0.4, 0.5) is 25.7 Å². The molecule has 146 valence electrons. The average molecular weight is 408 g/mol. The Kier molecular flexibility index (Phi) is 5.48. The lowest BCUT2D eigenvalue weighted by Gasteiger charge is -2.08. The van der Waals surface area contributed by atoms with Crippen LogP contribution < -0.4 is 16.0 Å². The summed E-state index contributed by atoms with van der Waals surface area (Å²) in [5.41, 5.74) is 3.41. The van der Waals surface area contributed by atoms with Crippen LogP contribution in [0.3, 0.4) is 0 Å². The van der Waals surface area contributed by atoms with Crippen molar-refractivity contribution >= 4 is 33.9 Å². The number of hydrogen-bond donors (Lipinski definition) is 4. The molecule has 2 aromatic heterocycles. The van der Waals surface area contributed by atoms with E-state index in [0.29, 0.717) is 28.6 Å². The van der Waals surface area contributed by atoms with Gasteiger partial charge in [-0.1, -0.05) is 12.1 Å². The fourth-order valence-electron chi connectivity index (χ4n) is 2.62. The van der Waals surface area contributed by atoms with E-state index in [-0.39, 0.29) is 11.8 Å². The van der Waals surface area contributed by atoms with Gasteiger partial charge in [0, 0.05) is 40.6 Å². The summed E-state index contributed by atoms with van der Waals surface area (Å²) in [5, 5.41) is 17.7. The summed E-state index contributed by atoms with van der Waals surface area (Å²) in [6, 6.07) is 13.5. The van der Waals surface area contributed by atoms with Crippen molar-refractivity contribution in [2.24, 2.45) is 0 Å². The molecule has 0 spiro atoms. The van der Waals surface area contributed by atoms with Crippen LogP contribution in [-0.2, 0) is 6.54 Å². The van der Waals surface area contributed by atoms with Crippen molar-refractivity contribution in [1.82, 2.24) is 20.5 Å². The Morgan fingerprint density at radius 2 is 1.90 bits per heavy atom. The van der Waals surface area contributed by atoms with Crippen LogP contribution >= 0.6 is 11.3 Å². The van der Waals surface area contributed by atoms with Crippen LogP contribution in [0.2, 0.25) is 0 Å². The number of nitrogens with zero attached hydrogens (tertiary/aromatic N) is 2. The highest BCUT2D eigenvalue weighted by atomic mass is 32.1. The maximum Gasteiger partial charge on any atom is 0.319 e. The van der Waals surface area contributed by atoms with Gasteiger partial charge in [-0.05, 0) is 36.4 Å². The molecule has 0 aliphatic carbocycles. The van der Waals surface area contributed by atoms with E-state index in [1.165, 1.54) is 17.4 Å². The van der Waals surface area contributed by atoms with Gasteiger partial charge in [0.15, 0.2) is 5.13 Å². The molecule has 2 heterocycles. The first-order chi connectivity index (χ1) is 14.2. The first-order valence-electron chi connectivity index (χ1n) is 8.77. The monoisotopic (exact) mass is 408 g/mol. The van der Waals surface area contributed by atoms with E-state index < -0.39 is 0 Å². The quantitative estimate of drug-likeness (QED) is 0.371. The molecule has 0 aliphatic heterocycles. The van der Waals surface area contributed by atoms with Gasteiger partial charge in [0.1, 0.15) is 5.82 Å². The second-order valence-corrected chi connectivity index (χ2v) is 6.99. The molecule has 2 amide bonds. The third kappa shape index (κ3) is 4.77. The largest absolute Gasteiger partial charge is 0.334 e. The molecule has 2 aromatic carbocycles. The summed E-state index contributed by atoms with van der Waals surface area (Å²) < 4.78 is 13.9. The Morgan fingerprint density at radius 3 is 2.66 bits per heavy atom. The number of nitrogens with one attached hydrogen (secondary N) is 4. The van der Waals surface area contributed by atoms with Gasteiger partial charge in [-0.2, -0.15) is 5.10 Å². The Morgan fingerprint density at radius 1 is 1.10 bits per heavy atom. The molecule has 29 heavy (non-hydrogen) atoms. The minimum Gasteiger partial charge on any atom is -0.334 e. The number of thiazole rings is 1. The predicted molar refractivity (Wildman–Crippen MR) is 112 cm³/mol. The van der Waals surface area contributed by atoms with Crippen LogP contribution in [-0.4, -0.2) is 21.2 Å². The zero-order valence-electron chi connectivity index (χ0n) is 15.1. The van der Waals surface area contributed by atoms with Crippen LogP contribution in [0.1, 0.15) is 5.56 Å². The smallest absolute Gasteiger partial charge is 0.319 e. The van der Waals surface area contributed by atoms with Gasteiger partial charge >= 0.3 is 6.03 Å². The molecule has 0 bridgehead atoms. The molecular formula is C20H17FN6OS.